The van der Waals surface area contributed by atoms with Crippen LogP contribution in [0.1, 0.15) is 43.3 Å². The molecule has 0 aromatic carbocycles. The van der Waals surface area contributed by atoms with Crippen LogP contribution in [-0.2, 0) is 13.1 Å². The van der Waals surface area contributed by atoms with Crippen LogP contribution in [0.3, 0.4) is 0 Å². The van der Waals surface area contributed by atoms with Crippen LogP contribution >= 0.6 is 11.3 Å². The van der Waals surface area contributed by atoms with E-state index in [1.54, 1.807) is 0 Å². The molecule has 0 N–H and O–H groups in total. The largest absolute Gasteiger partial charge is 0.337 e. The van der Waals surface area contributed by atoms with Crippen molar-refractivity contribution in [3.8, 4) is 0 Å². The fourth-order valence-electron chi connectivity index (χ4n) is 2.99. The van der Waals surface area contributed by atoms with Crippen LogP contribution in [0, 0.1) is 5.92 Å². The summed E-state index contributed by atoms with van der Waals surface area (Å²) in [4.78, 5) is 11.5. The minimum Gasteiger partial charge on any atom is -0.337 e. The third-order valence-corrected chi connectivity index (χ3v) is 5.00. The molecule has 114 valence electrons. The fraction of sp³-hybridized carbons (Fsp3) is 0.625. The lowest BCUT2D eigenvalue weighted by atomic mass is 9.98. The maximum Gasteiger partial charge on any atom is 0.107 e. The van der Waals surface area contributed by atoms with Gasteiger partial charge < -0.3 is 4.57 Å². The first-order valence-electron chi connectivity index (χ1n) is 7.83. The number of imidazole rings is 1. The van der Waals surface area contributed by atoms with Gasteiger partial charge in [0, 0.05) is 30.9 Å². The molecule has 0 unspecified atom stereocenters. The first-order chi connectivity index (χ1) is 10.2. The molecule has 0 aliphatic carbocycles. The maximum atomic E-state index is 4.77. The topological polar surface area (TPSA) is 34.0 Å². The highest BCUT2D eigenvalue weighted by Crippen LogP contribution is 2.23. The summed E-state index contributed by atoms with van der Waals surface area (Å²) in [5, 5.41) is 3.48. The van der Waals surface area contributed by atoms with Gasteiger partial charge in [-0.25, -0.2) is 9.97 Å². The summed E-state index contributed by atoms with van der Waals surface area (Å²) in [6.45, 7) is 8.90. The minimum absolute atomic E-state index is 0.533. The molecule has 1 saturated heterocycles. The van der Waals surface area contributed by atoms with E-state index in [4.69, 9.17) is 4.98 Å². The SMILES string of the molecule is CC(C)c1csc(CN2CCC[C@@H](Cn3ccnc3)C2)n1. The molecule has 1 aliphatic heterocycles. The van der Waals surface area contributed by atoms with Crippen LogP contribution in [0.15, 0.2) is 24.1 Å². The zero-order valence-electron chi connectivity index (χ0n) is 12.9. The van der Waals surface area contributed by atoms with Crippen molar-refractivity contribution < 1.29 is 0 Å². The van der Waals surface area contributed by atoms with E-state index in [-0.39, 0.29) is 0 Å². The molecule has 0 bridgehead atoms. The van der Waals surface area contributed by atoms with Crippen molar-refractivity contribution in [3.63, 3.8) is 0 Å². The molecule has 2 aromatic heterocycles. The van der Waals surface area contributed by atoms with Gasteiger partial charge in [-0.15, -0.1) is 11.3 Å². The average Bonchev–Trinajstić information content (AvgIpc) is 3.11. The highest BCUT2D eigenvalue weighted by atomic mass is 32.1. The van der Waals surface area contributed by atoms with Gasteiger partial charge in [0.1, 0.15) is 5.01 Å². The van der Waals surface area contributed by atoms with E-state index in [2.05, 4.69) is 39.9 Å². The second-order valence-electron chi connectivity index (χ2n) is 6.32. The Balaban J connectivity index is 1.55. The first kappa shape index (κ1) is 14.7. The van der Waals surface area contributed by atoms with E-state index in [0.29, 0.717) is 5.92 Å². The van der Waals surface area contributed by atoms with Gasteiger partial charge in [0.2, 0.25) is 0 Å². The van der Waals surface area contributed by atoms with Crippen LogP contribution < -0.4 is 0 Å². The van der Waals surface area contributed by atoms with Gasteiger partial charge in [-0.3, -0.25) is 4.90 Å². The van der Waals surface area contributed by atoms with Crippen LogP contribution in [0.2, 0.25) is 0 Å². The fourth-order valence-corrected chi connectivity index (χ4v) is 3.99. The molecule has 3 rings (SSSR count). The van der Waals surface area contributed by atoms with Gasteiger partial charge in [0.25, 0.3) is 0 Å². The number of thiazole rings is 1. The summed E-state index contributed by atoms with van der Waals surface area (Å²) in [6, 6.07) is 0. The molecule has 1 fully saturated rings. The summed E-state index contributed by atoms with van der Waals surface area (Å²) in [7, 11) is 0. The number of rotatable bonds is 5. The van der Waals surface area contributed by atoms with Crippen molar-refractivity contribution in [2.75, 3.05) is 13.1 Å². The second-order valence-corrected chi connectivity index (χ2v) is 7.27. The van der Waals surface area contributed by atoms with Crippen molar-refractivity contribution in [3.05, 3.63) is 34.8 Å². The number of hydrogen-bond donors (Lipinski definition) is 0. The minimum atomic E-state index is 0.533. The standard InChI is InChI=1S/C16H24N4S/c1-13(2)15-11-21-16(18-15)10-19-6-3-4-14(8-19)9-20-7-5-17-12-20/h5,7,11-14H,3-4,6,8-10H2,1-2H3/t14-/m1/s1. The molecular formula is C16H24N4S. The maximum absolute atomic E-state index is 4.77. The number of hydrogen-bond acceptors (Lipinski definition) is 4. The molecule has 0 amide bonds. The van der Waals surface area contributed by atoms with Crippen molar-refractivity contribution in [1.82, 2.24) is 19.4 Å². The summed E-state index contributed by atoms with van der Waals surface area (Å²) < 4.78 is 2.20. The molecule has 1 atom stereocenters. The van der Waals surface area contributed by atoms with Gasteiger partial charge in [-0.05, 0) is 31.2 Å². The van der Waals surface area contributed by atoms with Gasteiger partial charge in [-0.1, -0.05) is 13.8 Å². The van der Waals surface area contributed by atoms with Crippen LogP contribution in [0.4, 0.5) is 0 Å². The normalized spacial score (nSPS) is 20.2. The molecule has 4 nitrogen and oxygen atoms in total. The van der Waals surface area contributed by atoms with E-state index in [1.165, 1.54) is 36.6 Å². The third-order valence-electron chi connectivity index (χ3n) is 4.15. The molecule has 5 heteroatoms. The molecule has 2 aromatic rings. The van der Waals surface area contributed by atoms with Crippen molar-refractivity contribution in [1.29, 1.82) is 0 Å². The molecule has 0 radical (unpaired) electrons. The number of piperidine rings is 1. The molecule has 0 spiro atoms. The van der Waals surface area contributed by atoms with Crippen molar-refractivity contribution in [2.24, 2.45) is 5.92 Å². The Morgan fingerprint density at radius 2 is 2.33 bits per heavy atom. The van der Waals surface area contributed by atoms with Crippen LogP contribution in [-0.4, -0.2) is 32.5 Å². The van der Waals surface area contributed by atoms with Crippen LogP contribution in [0.5, 0.6) is 0 Å². The lowest BCUT2D eigenvalue weighted by Gasteiger charge is -2.32. The van der Waals surface area contributed by atoms with E-state index < -0.39 is 0 Å². The van der Waals surface area contributed by atoms with Gasteiger partial charge in [0.15, 0.2) is 0 Å². The Morgan fingerprint density at radius 3 is 3.05 bits per heavy atom. The zero-order chi connectivity index (χ0) is 14.7. The summed E-state index contributed by atoms with van der Waals surface area (Å²) >= 11 is 1.81. The molecular weight excluding hydrogens is 280 g/mol. The second kappa shape index (κ2) is 6.71. The number of nitrogens with zero attached hydrogens (tertiary/aromatic N) is 4. The highest BCUT2D eigenvalue weighted by molar-refractivity contribution is 7.09. The van der Waals surface area contributed by atoms with Gasteiger partial charge in [0.05, 0.1) is 18.6 Å². The smallest absolute Gasteiger partial charge is 0.107 e. The number of likely N-dealkylation sites (tertiary alicyclic amines) is 1. The van der Waals surface area contributed by atoms with E-state index in [0.717, 1.165) is 19.0 Å². The quantitative estimate of drug-likeness (QED) is 0.849. The summed E-state index contributed by atoms with van der Waals surface area (Å²) in [6.07, 6.45) is 8.47. The lowest BCUT2D eigenvalue weighted by Crippen LogP contribution is -2.36. The Kier molecular flexibility index (Phi) is 4.70. The Labute approximate surface area is 130 Å². The monoisotopic (exact) mass is 304 g/mol. The Hall–Kier alpha value is -1.20. The van der Waals surface area contributed by atoms with E-state index >= 15 is 0 Å². The molecule has 21 heavy (non-hydrogen) atoms. The van der Waals surface area contributed by atoms with Crippen LogP contribution in [0.25, 0.3) is 0 Å². The van der Waals surface area contributed by atoms with E-state index in [9.17, 15) is 0 Å². The molecule has 0 saturated carbocycles. The summed E-state index contributed by atoms with van der Waals surface area (Å²) in [5.41, 5.74) is 1.24. The molecule has 3 heterocycles. The predicted octanol–water partition coefficient (Wildman–Crippen LogP) is 3.38. The lowest BCUT2D eigenvalue weighted by molar-refractivity contribution is 0.156. The first-order valence-corrected chi connectivity index (χ1v) is 8.71. The van der Waals surface area contributed by atoms with Gasteiger partial charge >= 0.3 is 0 Å². The molecule has 1 aliphatic rings. The summed E-state index contributed by atoms with van der Waals surface area (Å²) in [5.74, 6) is 1.27. The highest BCUT2D eigenvalue weighted by Gasteiger charge is 2.21. The Bertz CT molecular complexity index is 546. The van der Waals surface area contributed by atoms with Crippen molar-refractivity contribution in [2.45, 2.75) is 45.7 Å². The number of aromatic nitrogens is 3. The Morgan fingerprint density at radius 1 is 1.43 bits per heavy atom. The third kappa shape index (κ3) is 3.92. The van der Waals surface area contributed by atoms with Gasteiger partial charge in [-0.2, -0.15) is 0 Å². The van der Waals surface area contributed by atoms with Crippen molar-refractivity contribution >= 4 is 11.3 Å². The zero-order valence-corrected chi connectivity index (χ0v) is 13.7. The average molecular weight is 304 g/mol. The predicted molar refractivity (Wildman–Crippen MR) is 86.4 cm³/mol. The van der Waals surface area contributed by atoms with E-state index in [1.807, 2.05) is 23.9 Å².